The molecule has 0 saturated heterocycles. The fourth-order valence-electron chi connectivity index (χ4n) is 1.21. The first-order valence-corrected chi connectivity index (χ1v) is 4.59. The average Bonchev–Trinajstić information content (AvgIpc) is 2.05. The zero-order valence-electron chi connectivity index (χ0n) is 8.43. The minimum Gasteiger partial charge on any atom is -0.396 e. The van der Waals surface area contributed by atoms with Gasteiger partial charge in [-0.3, -0.25) is 0 Å². The van der Waals surface area contributed by atoms with Crippen molar-refractivity contribution in [3.05, 3.63) is 12.7 Å². The largest absolute Gasteiger partial charge is 0.396 e. The number of hydrogen-bond acceptors (Lipinski definition) is 2. The number of nitrogens with one attached hydrogen (secondary N) is 1. The predicted molar refractivity (Wildman–Crippen MR) is 53.2 cm³/mol. The molecule has 0 spiro atoms. The van der Waals surface area contributed by atoms with E-state index in [0.29, 0.717) is 6.04 Å². The van der Waals surface area contributed by atoms with E-state index in [1.54, 1.807) is 0 Å². The van der Waals surface area contributed by atoms with Crippen LogP contribution in [0.2, 0.25) is 0 Å². The predicted octanol–water partition coefficient (Wildman–Crippen LogP) is 1.70. The molecule has 0 radical (unpaired) electrons. The van der Waals surface area contributed by atoms with Crippen molar-refractivity contribution < 1.29 is 5.11 Å². The lowest BCUT2D eigenvalue weighted by atomic mass is 9.94. The molecule has 0 aromatic carbocycles. The Labute approximate surface area is 75.7 Å². The quantitative estimate of drug-likeness (QED) is 0.596. The smallest absolute Gasteiger partial charge is 0.0448 e. The Kier molecular flexibility index (Phi) is 5.18. The average molecular weight is 171 g/mol. The lowest BCUT2D eigenvalue weighted by Crippen LogP contribution is -2.46. The molecule has 0 saturated carbocycles. The van der Waals surface area contributed by atoms with E-state index in [1.165, 1.54) is 0 Å². The van der Waals surface area contributed by atoms with Crippen LogP contribution in [0.15, 0.2) is 12.7 Å². The summed E-state index contributed by atoms with van der Waals surface area (Å²) in [6.07, 6.45) is 3.69. The van der Waals surface area contributed by atoms with Crippen LogP contribution in [0.3, 0.4) is 0 Å². The van der Waals surface area contributed by atoms with Gasteiger partial charge in [0.1, 0.15) is 0 Å². The Morgan fingerprint density at radius 2 is 2.25 bits per heavy atom. The van der Waals surface area contributed by atoms with Crippen molar-refractivity contribution in [1.29, 1.82) is 0 Å². The third-order valence-electron chi connectivity index (χ3n) is 2.37. The molecule has 0 aromatic heterocycles. The molecule has 0 aliphatic heterocycles. The van der Waals surface area contributed by atoms with E-state index in [1.807, 2.05) is 6.08 Å². The summed E-state index contributed by atoms with van der Waals surface area (Å²) < 4.78 is 0. The summed E-state index contributed by atoms with van der Waals surface area (Å²) in [5.74, 6) is 0. The van der Waals surface area contributed by atoms with E-state index in [4.69, 9.17) is 5.11 Å². The number of aliphatic hydroxyl groups is 1. The molecule has 2 atom stereocenters. The molecule has 0 aromatic rings. The van der Waals surface area contributed by atoms with Crippen LogP contribution >= 0.6 is 0 Å². The van der Waals surface area contributed by atoms with Crippen LogP contribution in [0.5, 0.6) is 0 Å². The van der Waals surface area contributed by atoms with E-state index in [0.717, 1.165) is 12.8 Å². The van der Waals surface area contributed by atoms with Gasteiger partial charge in [0.2, 0.25) is 0 Å². The van der Waals surface area contributed by atoms with Gasteiger partial charge in [-0.05, 0) is 26.7 Å². The summed E-state index contributed by atoms with van der Waals surface area (Å²) in [5.41, 5.74) is 0.0440. The fourth-order valence-corrected chi connectivity index (χ4v) is 1.21. The van der Waals surface area contributed by atoms with Gasteiger partial charge in [-0.1, -0.05) is 13.0 Å². The molecule has 0 fully saturated rings. The highest BCUT2D eigenvalue weighted by molar-refractivity contribution is 4.90. The highest BCUT2D eigenvalue weighted by atomic mass is 16.3. The van der Waals surface area contributed by atoms with Gasteiger partial charge in [0, 0.05) is 18.2 Å². The van der Waals surface area contributed by atoms with Crippen molar-refractivity contribution in [2.75, 3.05) is 6.61 Å². The van der Waals surface area contributed by atoms with Gasteiger partial charge in [-0.25, -0.2) is 0 Å². The minimum atomic E-state index is 0.0440. The summed E-state index contributed by atoms with van der Waals surface area (Å²) in [4.78, 5) is 0. The van der Waals surface area contributed by atoms with Crippen molar-refractivity contribution >= 4 is 0 Å². The van der Waals surface area contributed by atoms with Crippen LogP contribution < -0.4 is 5.32 Å². The first-order valence-electron chi connectivity index (χ1n) is 4.59. The second kappa shape index (κ2) is 5.33. The highest BCUT2D eigenvalue weighted by Crippen LogP contribution is 2.14. The summed E-state index contributed by atoms with van der Waals surface area (Å²) >= 11 is 0. The lowest BCUT2D eigenvalue weighted by Gasteiger charge is -2.31. The number of aliphatic hydroxyl groups excluding tert-OH is 1. The third kappa shape index (κ3) is 3.88. The fraction of sp³-hybridized carbons (Fsp3) is 0.800. The molecule has 0 aliphatic carbocycles. The van der Waals surface area contributed by atoms with Crippen LogP contribution in [0.4, 0.5) is 0 Å². The standard InChI is InChI=1S/C10H21NO/c1-5-9(3)11-10(4,6-2)7-8-12/h5,9,11-12H,1,6-8H2,2-4H3. The number of rotatable bonds is 6. The Bertz CT molecular complexity index is 136. The molecular formula is C10H21NO. The zero-order valence-corrected chi connectivity index (χ0v) is 8.43. The molecule has 2 N–H and O–H groups in total. The molecule has 72 valence electrons. The van der Waals surface area contributed by atoms with Gasteiger partial charge in [0.15, 0.2) is 0 Å². The lowest BCUT2D eigenvalue weighted by molar-refractivity contribution is 0.211. The van der Waals surface area contributed by atoms with Gasteiger partial charge >= 0.3 is 0 Å². The Morgan fingerprint density at radius 1 is 1.67 bits per heavy atom. The van der Waals surface area contributed by atoms with Crippen LogP contribution in [0, 0.1) is 0 Å². The second-order valence-electron chi connectivity index (χ2n) is 3.56. The summed E-state index contributed by atoms with van der Waals surface area (Å²) in [7, 11) is 0. The number of hydrogen-bond donors (Lipinski definition) is 2. The van der Waals surface area contributed by atoms with Crippen LogP contribution in [0.25, 0.3) is 0 Å². The van der Waals surface area contributed by atoms with Crippen molar-refractivity contribution in [1.82, 2.24) is 5.32 Å². The van der Waals surface area contributed by atoms with Gasteiger partial charge in [-0.15, -0.1) is 6.58 Å². The first-order chi connectivity index (χ1) is 5.58. The van der Waals surface area contributed by atoms with Gasteiger partial charge in [-0.2, -0.15) is 0 Å². The van der Waals surface area contributed by atoms with E-state index in [2.05, 4.69) is 32.7 Å². The Hall–Kier alpha value is -0.340. The molecular weight excluding hydrogens is 150 g/mol. The first kappa shape index (κ1) is 11.7. The van der Waals surface area contributed by atoms with Crippen molar-refractivity contribution in [3.8, 4) is 0 Å². The van der Waals surface area contributed by atoms with E-state index in [9.17, 15) is 0 Å². The normalized spacial score (nSPS) is 18.3. The molecule has 0 aliphatic rings. The van der Waals surface area contributed by atoms with Crippen LogP contribution in [0.1, 0.15) is 33.6 Å². The molecule has 12 heavy (non-hydrogen) atoms. The summed E-state index contributed by atoms with van der Waals surface area (Å²) in [6, 6.07) is 0.307. The van der Waals surface area contributed by atoms with Crippen molar-refractivity contribution in [2.45, 2.75) is 45.2 Å². The monoisotopic (exact) mass is 171 g/mol. The van der Waals surface area contributed by atoms with E-state index >= 15 is 0 Å². The van der Waals surface area contributed by atoms with Crippen LogP contribution in [-0.2, 0) is 0 Å². The van der Waals surface area contributed by atoms with E-state index in [-0.39, 0.29) is 12.1 Å². The SMILES string of the molecule is C=CC(C)NC(C)(CC)CCO. The Morgan fingerprint density at radius 3 is 2.58 bits per heavy atom. The van der Waals surface area contributed by atoms with Gasteiger partial charge in [0.25, 0.3) is 0 Å². The summed E-state index contributed by atoms with van der Waals surface area (Å²) in [6.45, 7) is 10.3. The third-order valence-corrected chi connectivity index (χ3v) is 2.37. The maximum atomic E-state index is 8.85. The van der Waals surface area contributed by atoms with Crippen LogP contribution in [-0.4, -0.2) is 23.3 Å². The molecule has 0 bridgehead atoms. The topological polar surface area (TPSA) is 32.3 Å². The minimum absolute atomic E-state index is 0.0440. The Balaban J connectivity index is 4.02. The van der Waals surface area contributed by atoms with Crippen molar-refractivity contribution in [3.63, 3.8) is 0 Å². The molecule has 0 heterocycles. The molecule has 2 nitrogen and oxygen atoms in total. The molecule has 0 amide bonds. The highest BCUT2D eigenvalue weighted by Gasteiger charge is 2.21. The van der Waals surface area contributed by atoms with E-state index < -0.39 is 0 Å². The molecule has 0 rings (SSSR count). The maximum Gasteiger partial charge on any atom is 0.0448 e. The van der Waals surface area contributed by atoms with Crippen molar-refractivity contribution in [2.24, 2.45) is 0 Å². The van der Waals surface area contributed by atoms with Gasteiger partial charge < -0.3 is 10.4 Å². The zero-order chi connectivity index (χ0) is 9.61. The molecule has 2 unspecified atom stereocenters. The van der Waals surface area contributed by atoms with Gasteiger partial charge in [0.05, 0.1) is 0 Å². The second-order valence-corrected chi connectivity index (χ2v) is 3.56. The molecule has 2 heteroatoms. The summed E-state index contributed by atoms with van der Waals surface area (Å²) in [5, 5.41) is 12.3. The maximum absolute atomic E-state index is 8.85.